The topological polar surface area (TPSA) is 87.2 Å². The minimum absolute atomic E-state index is 0.00414. The molecule has 0 bridgehead atoms. The van der Waals surface area contributed by atoms with E-state index in [1.54, 1.807) is 37.9 Å². The number of sulfonamides is 1. The lowest BCUT2D eigenvalue weighted by Gasteiger charge is -2.37. The molecule has 2 rings (SSSR count). The maximum Gasteiger partial charge on any atom is 0.247 e. The van der Waals surface area contributed by atoms with Gasteiger partial charge in [0, 0.05) is 36.4 Å². The molecule has 0 spiro atoms. The molecule has 3 atom stereocenters. The van der Waals surface area contributed by atoms with E-state index in [0.717, 1.165) is 0 Å². The molecule has 1 N–H and O–H groups in total. The van der Waals surface area contributed by atoms with E-state index in [0.29, 0.717) is 17.4 Å². The number of carbonyl (C=O) groups is 1. The van der Waals surface area contributed by atoms with Crippen LogP contribution in [-0.4, -0.2) is 67.5 Å². The molecule has 7 nitrogen and oxygen atoms in total. The highest BCUT2D eigenvalue weighted by Crippen LogP contribution is 2.35. The first kappa shape index (κ1) is 22.1. The molecule has 0 fully saturated rings. The van der Waals surface area contributed by atoms with E-state index in [-0.39, 0.29) is 41.7 Å². The number of likely N-dealkylation sites (N-methyl/N-ethyl adjacent to an activating group) is 1. The summed E-state index contributed by atoms with van der Waals surface area (Å²) in [7, 11) is -2.11. The molecule has 0 saturated carbocycles. The summed E-state index contributed by atoms with van der Waals surface area (Å²) >= 11 is 3.36. The van der Waals surface area contributed by atoms with Gasteiger partial charge in [-0.3, -0.25) is 4.79 Å². The first-order chi connectivity index (χ1) is 12.6. The number of aliphatic hydroxyl groups is 1. The van der Waals surface area contributed by atoms with Crippen LogP contribution >= 0.6 is 15.9 Å². The van der Waals surface area contributed by atoms with E-state index in [9.17, 15) is 18.3 Å². The van der Waals surface area contributed by atoms with Crippen LogP contribution in [0.4, 0.5) is 0 Å². The van der Waals surface area contributed by atoms with Gasteiger partial charge in [0.15, 0.2) is 0 Å². The number of hydrogen-bond donors (Lipinski definition) is 1. The van der Waals surface area contributed by atoms with Crippen molar-refractivity contribution in [2.75, 3.05) is 26.7 Å². The van der Waals surface area contributed by atoms with Crippen molar-refractivity contribution < 1.29 is 23.1 Å². The van der Waals surface area contributed by atoms with Crippen LogP contribution in [0.3, 0.4) is 0 Å². The number of hydrogen-bond acceptors (Lipinski definition) is 5. The predicted molar refractivity (Wildman–Crippen MR) is 106 cm³/mol. The van der Waals surface area contributed by atoms with Crippen molar-refractivity contribution in [3.8, 4) is 5.75 Å². The summed E-state index contributed by atoms with van der Waals surface area (Å²) in [4.78, 5) is 13.7. The normalized spacial score (nSPS) is 23.5. The average Bonchev–Trinajstić information content (AvgIpc) is 2.62. The van der Waals surface area contributed by atoms with Gasteiger partial charge in [-0.25, -0.2) is 8.42 Å². The van der Waals surface area contributed by atoms with Gasteiger partial charge in [-0.1, -0.05) is 29.8 Å². The van der Waals surface area contributed by atoms with E-state index in [2.05, 4.69) is 15.9 Å². The highest BCUT2D eigenvalue weighted by Gasteiger charge is 2.38. The standard InChI is InChI=1S/C18H27BrN2O5S/c1-5-18(23)20(4)10-16-12(2)9-21(13(3)11-22)27(24,25)17-7-6-14(19)8-15(17)26-16/h6-8,12-13,16,22H,5,9-11H2,1-4H3/t12-,13-,16+/m0/s1. The molecule has 0 saturated heterocycles. The molecule has 0 unspecified atom stereocenters. The summed E-state index contributed by atoms with van der Waals surface area (Å²) < 4.78 is 34.5. The minimum Gasteiger partial charge on any atom is -0.487 e. The van der Waals surface area contributed by atoms with Gasteiger partial charge in [-0.05, 0) is 25.1 Å². The minimum atomic E-state index is -3.83. The van der Waals surface area contributed by atoms with Crippen LogP contribution in [-0.2, 0) is 14.8 Å². The van der Waals surface area contributed by atoms with Crippen molar-refractivity contribution in [1.82, 2.24) is 9.21 Å². The molecule has 1 amide bonds. The second kappa shape index (κ2) is 8.89. The first-order valence-electron chi connectivity index (χ1n) is 8.94. The number of carbonyl (C=O) groups excluding carboxylic acids is 1. The maximum absolute atomic E-state index is 13.2. The predicted octanol–water partition coefficient (Wildman–Crippen LogP) is 2.09. The van der Waals surface area contributed by atoms with Gasteiger partial charge in [0.05, 0.1) is 13.2 Å². The molecule has 0 aliphatic carbocycles. The van der Waals surface area contributed by atoms with Crippen molar-refractivity contribution >= 4 is 31.9 Å². The maximum atomic E-state index is 13.2. The zero-order chi connectivity index (χ0) is 20.4. The molecular formula is C18H27BrN2O5S. The summed E-state index contributed by atoms with van der Waals surface area (Å²) in [5, 5.41) is 9.58. The number of fused-ring (bicyclic) bond motifs is 1. The number of halogens is 1. The fourth-order valence-electron chi connectivity index (χ4n) is 3.06. The second-order valence-corrected chi connectivity index (χ2v) is 9.73. The Balaban J connectivity index is 2.51. The van der Waals surface area contributed by atoms with Crippen molar-refractivity contribution in [3.63, 3.8) is 0 Å². The van der Waals surface area contributed by atoms with Gasteiger partial charge in [-0.2, -0.15) is 4.31 Å². The highest BCUT2D eigenvalue weighted by molar-refractivity contribution is 9.10. The van der Waals surface area contributed by atoms with Gasteiger partial charge in [0.2, 0.25) is 15.9 Å². The Morgan fingerprint density at radius 1 is 1.48 bits per heavy atom. The van der Waals surface area contributed by atoms with E-state index in [1.807, 2.05) is 6.92 Å². The molecule has 0 radical (unpaired) electrons. The lowest BCUT2D eigenvalue weighted by atomic mass is 10.0. The molecule has 0 aromatic heterocycles. The van der Waals surface area contributed by atoms with E-state index in [1.165, 1.54) is 10.4 Å². The van der Waals surface area contributed by atoms with Crippen molar-refractivity contribution in [1.29, 1.82) is 0 Å². The van der Waals surface area contributed by atoms with Crippen LogP contribution in [0, 0.1) is 5.92 Å². The van der Waals surface area contributed by atoms with Crippen molar-refractivity contribution in [2.45, 2.75) is 44.2 Å². The fraction of sp³-hybridized carbons (Fsp3) is 0.611. The molecule has 1 aromatic rings. The number of amides is 1. The van der Waals surface area contributed by atoms with E-state index < -0.39 is 16.1 Å². The van der Waals surface area contributed by atoms with Gasteiger partial charge in [-0.15, -0.1) is 0 Å². The number of aliphatic hydroxyl groups excluding tert-OH is 1. The van der Waals surface area contributed by atoms with Crippen LogP contribution in [0.25, 0.3) is 0 Å². The van der Waals surface area contributed by atoms with E-state index >= 15 is 0 Å². The molecule has 9 heteroatoms. The zero-order valence-corrected chi connectivity index (χ0v) is 18.5. The SMILES string of the molecule is CCC(=O)N(C)C[C@H]1Oc2cc(Br)ccc2S(=O)(=O)N([C@@H](C)CO)C[C@@H]1C. The number of rotatable bonds is 5. The highest BCUT2D eigenvalue weighted by atomic mass is 79.9. The van der Waals surface area contributed by atoms with Gasteiger partial charge in [0.25, 0.3) is 0 Å². The summed E-state index contributed by atoms with van der Waals surface area (Å²) in [6, 6.07) is 4.21. The Kier molecular flexibility index (Phi) is 7.29. The Morgan fingerprint density at radius 2 is 2.15 bits per heavy atom. The number of ether oxygens (including phenoxy) is 1. The van der Waals surface area contributed by atoms with Gasteiger partial charge in [0.1, 0.15) is 16.7 Å². The lowest BCUT2D eigenvalue weighted by molar-refractivity contribution is -0.131. The van der Waals surface area contributed by atoms with Crippen LogP contribution in [0.15, 0.2) is 27.6 Å². The fourth-order valence-corrected chi connectivity index (χ4v) is 5.22. The lowest BCUT2D eigenvalue weighted by Crippen LogP contribution is -2.50. The molecule has 1 aromatic carbocycles. The molecular weight excluding hydrogens is 436 g/mol. The summed E-state index contributed by atoms with van der Waals surface area (Å²) in [6.07, 6.45) is 0.00403. The van der Waals surface area contributed by atoms with Crippen molar-refractivity contribution in [2.24, 2.45) is 5.92 Å². The Labute approximate surface area is 169 Å². The molecule has 1 aliphatic heterocycles. The summed E-state index contributed by atoms with van der Waals surface area (Å²) in [6.45, 7) is 5.62. The molecule has 152 valence electrons. The third-order valence-corrected chi connectivity index (χ3v) is 7.32. The van der Waals surface area contributed by atoms with Gasteiger partial charge >= 0.3 is 0 Å². The number of nitrogens with zero attached hydrogens (tertiary/aromatic N) is 2. The monoisotopic (exact) mass is 462 g/mol. The Morgan fingerprint density at radius 3 is 2.74 bits per heavy atom. The summed E-state index contributed by atoms with van der Waals surface area (Å²) in [5.74, 6) is 0.0527. The van der Waals surface area contributed by atoms with Crippen LogP contribution in [0.2, 0.25) is 0 Å². The third kappa shape index (κ3) is 4.82. The quantitative estimate of drug-likeness (QED) is 0.723. The first-order valence-corrected chi connectivity index (χ1v) is 11.2. The molecule has 1 aliphatic rings. The average molecular weight is 463 g/mol. The van der Waals surface area contributed by atoms with Crippen molar-refractivity contribution in [3.05, 3.63) is 22.7 Å². The van der Waals surface area contributed by atoms with Crippen LogP contribution in [0.1, 0.15) is 27.2 Å². The number of benzene rings is 1. The van der Waals surface area contributed by atoms with E-state index in [4.69, 9.17) is 4.74 Å². The smallest absolute Gasteiger partial charge is 0.247 e. The Hall–Kier alpha value is -1.16. The second-order valence-electron chi connectivity index (χ2n) is 6.96. The molecule has 27 heavy (non-hydrogen) atoms. The zero-order valence-electron chi connectivity index (χ0n) is 16.1. The Bertz CT molecular complexity index is 786. The molecule has 1 heterocycles. The largest absolute Gasteiger partial charge is 0.487 e. The third-order valence-electron chi connectivity index (χ3n) is 4.81. The van der Waals surface area contributed by atoms with Crippen LogP contribution < -0.4 is 4.74 Å². The van der Waals surface area contributed by atoms with Crippen LogP contribution in [0.5, 0.6) is 5.75 Å². The summed E-state index contributed by atoms with van der Waals surface area (Å²) in [5.41, 5.74) is 0. The van der Waals surface area contributed by atoms with Gasteiger partial charge < -0.3 is 14.7 Å².